The van der Waals surface area contributed by atoms with Crippen LogP contribution >= 0.6 is 11.8 Å². The Morgan fingerprint density at radius 3 is 1.61 bits per heavy atom. The summed E-state index contributed by atoms with van der Waals surface area (Å²) in [6.07, 6.45) is 1.05. The third-order valence-corrected chi connectivity index (χ3v) is 6.81. The molecule has 0 aromatic heterocycles. The SMILES string of the molecule is CC(=O)NC(CCCSC(c1ccccc1)(c1ccccc1)c1ccccc1)C(=O)O. The maximum absolute atomic E-state index is 11.5. The molecule has 3 aromatic carbocycles. The van der Waals surface area contributed by atoms with Gasteiger partial charge in [0.2, 0.25) is 5.91 Å². The molecule has 3 rings (SSSR count). The van der Waals surface area contributed by atoms with Crippen molar-refractivity contribution in [2.75, 3.05) is 5.75 Å². The lowest BCUT2D eigenvalue weighted by molar-refractivity contribution is -0.141. The smallest absolute Gasteiger partial charge is 0.326 e. The molecule has 1 unspecified atom stereocenters. The van der Waals surface area contributed by atoms with Crippen molar-refractivity contribution < 1.29 is 14.7 Å². The Balaban J connectivity index is 1.93. The predicted molar refractivity (Wildman–Crippen MR) is 126 cm³/mol. The standard InChI is InChI=1S/C26H27NO3S/c1-20(28)27-24(25(29)30)18-11-19-31-26(21-12-5-2-6-13-21,22-14-7-3-8-15-22)23-16-9-4-10-17-23/h2-10,12-17,24H,11,18-19H2,1H3,(H,27,28)(H,29,30). The van der Waals surface area contributed by atoms with Crippen LogP contribution in [0.4, 0.5) is 0 Å². The van der Waals surface area contributed by atoms with Gasteiger partial charge in [-0.1, -0.05) is 91.0 Å². The number of thioether (sulfide) groups is 1. The van der Waals surface area contributed by atoms with Crippen LogP contribution < -0.4 is 5.32 Å². The van der Waals surface area contributed by atoms with Crippen molar-refractivity contribution >= 4 is 23.6 Å². The molecule has 1 atom stereocenters. The topological polar surface area (TPSA) is 66.4 Å². The largest absolute Gasteiger partial charge is 0.480 e. The van der Waals surface area contributed by atoms with Crippen molar-refractivity contribution in [2.24, 2.45) is 0 Å². The Morgan fingerprint density at radius 1 is 0.839 bits per heavy atom. The summed E-state index contributed by atoms with van der Waals surface area (Å²) in [5, 5.41) is 11.9. The third kappa shape index (κ3) is 5.56. The van der Waals surface area contributed by atoms with Crippen molar-refractivity contribution in [1.29, 1.82) is 0 Å². The molecule has 0 saturated carbocycles. The number of hydrogen-bond donors (Lipinski definition) is 2. The fourth-order valence-electron chi connectivity index (χ4n) is 3.78. The molecular weight excluding hydrogens is 406 g/mol. The highest BCUT2D eigenvalue weighted by Gasteiger charge is 2.36. The van der Waals surface area contributed by atoms with Gasteiger partial charge in [-0.3, -0.25) is 4.79 Å². The van der Waals surface area contributed by atoms with Gasteiger partial charge in [0.15, 0.2) is 0 Å². The molecule has 1 amide bonds. The first kappa shape index (κ1) is 22.6. The van der Waals surface area contributed by atoms with Crippen molar-refractivity contribution in [2.45, 2.75) is 30.6 Å². The van der Waals surface area contributed by atoms with Gasteiger partial charge in [0.05, 0.1) is 4.75 Å². The summed E-state index contributed by atoms with van der Waals surface area (Å²) in [6, 6.07) is 30.3. The van der Waals surface area contributed by atoms with E-state index >= 15 is 0 Å². The third-order valence-electron chi connectivity index (χ3n) is 5.17. The summed E-state index contributed by atoms with van der Waals surface area (Å²) < 4.78 is -0.420. The van der Waals surface area contributed by atoms with Crippen LogP contribution in [0.15, 0.2) is 91.0 Å². The molecule has 0 saturated heterocycles. The molecule has 0 aliphatic heterocycles. The van der Waals surface area contributed by atoms with Gasteiger partial charge in [0.25, 0.3) is 0 Å². The number of rotatable bonds is 10. The molecule has 0 heterocycles. The van der Waals surface area contributed by atoms with E-state index < -0.39 is 16.8 Å². The number of carbonyl (C=O) groups is 2. The van der Waals surface area contributed by atoms with Crippen LogP contribution in [0.5, 0.6) is 0 Å². The second-order valence-corrected chi connectivity index (χ2v) is 8.67. The van der Waals surface area contributed by atoms with Crippen LogP contribution in [0, 0.1) is 0 Å². The van der Waals surface area contributed by atoms with Crippen LogP contribution in [0.3, 0.4) is 0 Å². The fourth-order valence-corrected chi connectivity index (χ4v) is 5.31. The summed E-state index contributed by atoms with van der Waals surface area (Å²) in [4.78, 5) is 22.8. The first-order valence-corrected chi connectivity index (χ1v) is 11.3. The lowest BCUT2D eigenvalue weighted by atomic mass is 9.84. The molecule has 0 bridgehead atoms. The number of aliphatic carboxylic acids is 1. The molecule has 3 aromatic rings. The van der Waals surface area contributed by atoms with E-state index in [9.17, 15) is 14.7 Å². The van der Waals surface area contributed by atoms with Crippen LogP contribution in [0.1, 0.15) is 36.5 Å². The molecule has 31 heavy (non-hydrogen) atoms. The highest BCUT2D eigenvalue weighted by atomic mass is 32.2. The molecule has 0 spiro atoms. The number of carboxylic acid groups (broad SMARTS) is 1. The minimum Gasteiger partial charge on any atom is -0.480 e. The van der Waals surface area contributed by atoms with Gasteiger partial charge < -0.3 is 10.4 Å². The molecule has 0 aliphatic rings. The van der Waals surface area contributed by atoms with E-state index in [0.717, 1.165) is 5.75 Å². The second-order valence-electron chi connectivity index (χ2n) is 7.36. The lowest BCUT2D eigenvalue weighted by Crippen LogP contribution is -2.39. The van der Waals surface area contributed by atoms with Gasteiger partial charge >= 0.3 is 5.97 Å². The summed E-state index contributed by atoms with van der Waals surface area (Å²) >= 11 is 1.80. The van der Waals surface area contributed by atoms with Gasteiger partial charge in [0, 0.05) is 6.92 Å². The summed E-state index contributed by atoms with van der Waals surface area (Å²) in [7, 11) is 0. The van der Waals surface area contributed by atoms with E-state index in [-0.39, 0.29) is 5.91 Å². The molecule has 0 aliphatic carbocycles. The van der Waals surface area contributed by atoms with Crippen LogP contribution in [0.2, 0.25) is 0 Å². The maximum Gasteiger partial charge on any atom is 0.326 e. The van der Waals surface area contributed by atoms with E-state index in [1.165, 1.54) is 23.6 Å². The molecule has 160 valence electrons. The number of carboxylic acids is 1. The monoisotopic (exact) mass is 433 g/mol. The Labute approximate surface area is 187 Å². The number of amides is 1. The van der Waals surface area contributed by atoms with Gasteiger partial charge in [-0.05, 0) is 35.3 Å². The van der Waals surface area contributed by atoms with Crippen molar-refractivity contribution in [1.82, 2.24) is 5.32 Å². The summed E-state index contributed by atoms with van der Waals surface area (Å²) in [5.74, 6) is -0.588. The number of hydrogen-bond acceptors (Lipinski definition) is 3. The van der Waals surface area contributed by atoms with Crippen LogP contribution in [-0.4, -0.2) is 28.8 Å². The van der Waals surface area contributed by atoms with Crippen molar-refractivity contribution in [3.05, 3.63) is 108 Å². The van der Waals surface area contributed by atoms with E-state index in [0.29, 0.717) is 12.8 Å². The van der Waals surface area contributed by atoms with Crippen LogP contribution in [-0.2, 0) is 14.3 Å². The minimum atomic E-state index is -0.999. The van der Waals surface area contributed by atoms with Gasteiger partial charge in [0.1, 0.15) is 6.04 Å². The normalized spacial score (nSPS) is 12.2. The van der Waals surface area contributed by atoms with Gasteiger partial charge in [-0.2, -0.15) is 0 Å². The number of carbonyl (C=O) groups excluding carboxylic acids is 1. The quantitative estimate of drug-likeness (QED) is 0.346. The zero-order valence-electron chi connectivity index (χ0n) is 17.5. The number of nitrogens with one attached hydrogen (secondary N) is 1. The van der Waals surface area contributed by atoms with Crippen molar-refractivity contribution in [3.63, 3.8) is 0 Å². The Bertz CT molecular complexity index is 881. The Kier molecular flexibility index (Phi) is 7.90. The average Bonchev–Trinajstić information content (AvgIpc) is 2.80. The van der Waals surface area contributed by atoms with Gasteiger partial charge in [-0.15, -0.1) is 11.8 Å². The van der Waals surface area contributed by atoms with E-state index in [1.54, 1.807) is 11.8 Å². The highest BCUT2D eigenvalue weighted by Crippen LogP contribution is 2.48. The minimum absolute atomic E-state index is 0.327. The van der Waals surface area contributed by atoms with Gasteiger partial charge in [-0.25, -0.2) is 4.79 Å². The van der Waals surface area contributed by atoms with E-state index in [2.05, 4.69) is 41.7 Å². The lowest BCUT2D eigenvalue weighted by Gasteiger charge is -2.35. The summed E-state index contributed by atoms with van der Waals surface area (Å²) in [6.45, 7) is 1.34. The molecule has 4 nitrogen and oxygen atoms in total. The maximum atomic E-state index is 11.5. The average molecular weight is 434 g/mol. The van der Waals surface area contributed by atoms with Crippen molar-refractivity contribution in [3.8, 4) is 0 Å². The molecule has 5 heteroatoms. The Hall–Kier alpha value is -3.05. The zero-order valence-corrected chi connectivity index (χ0v) is 18.3. The molecule has 0 fully saturated rings. The summed E-state index contributed by atoms with van der Waals surface area (Å²) in [5.41, 5.74) is 3.53. The first-order chi connectivity index (χ1) is 15.0. The predicted octanol–water partition coefficient (Wildman–Crippen LogP) is 5.08. The van der Waals surface area contributed by atoms with E-state index in [1.807, 2.05) is 54.6 Å². The van der Waals surface area contributed by atoms with E-state index in [4.69, 9.17) is 0 Å². The second kappa shape index (κ2) is 10.8. The molecular formula is C26H27NO3S. The zero-order chi connectivity index (χ0) is 22.1. The number of benzene rings is 3. The molecule has 2 N–H and O–H groups in total. The van der Waals surface area contributed by atoms with Crippen LogP contribution in [0.25, 0.3) is 0 Å². The first-order valence-electron chi connectivity index (χ1n) is 10.3. The highest BCUT2D eigenvalue weighted by molar-refractivity contribution is 8.00. The Morgan fingerprint density at radius 2 is 1.26 bits per heavy atom. The molecule has 0 radical (unpaired) electrons. The fraction of sp³-hybridized carbons (Fsp3) is 0.231.